The molecule has 0 spiro atoms. The van der Waals surface area contributed by atoms with Gasteiger partial charge in [-0.1, -0.05) is 30.3 Å². The van der Waals surface area contributed by atoms with Crippen LogP contribution in [0.4, 0.5) is 0 Å². The summed E-state index contributed by atoms with van der Waals surface area (Å²) in [7, 11) is -4.05. The monoisotopic (exact) mass is 299 g/mol. The van der Waals surface area contributed by atoms with Gasteiger partial charge in [-0.15, -0.1) is 0 Å². The van der Waals surface area contributed by atoms with Gasteiger partial charge >= 0.3 is 5.97 Å². The quantitative estimate of drug-likeness (QED) is 0.751. The molecule has 110 valence electrons. The maximum absolute atomic E-state index is 12.0. The van der Waals surface area contributed by atoms with Gasteiger partial charge in [0.2, 0.25) is 5.91 Å². The number of sulfone groups is 1. The van der Waals surface area contributed by atoms with E-state index in [9.17, 15) is 18.0 Å². The number of aliphatic carboxylic acids is 1. The van der Waals surface area contributed by atoms with Gasteiger partial charge in [0, 0.05) is 6.54 Å². The van der Waals surface area contributed by atoms with Crippen LogP contribution in [-0.2, 0) is 25.8 Å². The molecule has 0 heterocycles. The molecule has 1 aromatic rings. The van der Waals surface area contributed by atoms with Gasteiger partial charge in [-0.2, -0.15) is 0 Å². The van der Waals surface area contributed by atoms with Gasteiger partial charge in [0.25, 0.3) is 0 Å². The van der Waals surface area contributed by atoms with Crippen molar-refractivity contribution in [1.29, 1.82) is 0 Å². The highest BCUT2D eigenvalue weighted by atomic mass is 32.2. The average Bonchev–Trinajstić information content (AvgIpc) is 2.36. The molecule has 0 saturated heterocycles. The van der Waals surface area contributed by atoms with Gasteiger partial charge in [0.15, 0.2) is 15.1 Å². The van der Waals surface area contributed by atoms with Gasteiger partial charge < -0.3 is 10.4 Å². The van der Waals surface area contributed by atoms with Crippen molar-refractivity contribution in [3.05, 3.63) is 35.9 Å². The fourth-order valence-electron chi connectivity index (χ4n) is 1.73. The summed E-state index contributed by atoms with van der Waals surface area (Å²) in [6.45, 7) is 1.95. The molecule has 0 aliphatic heterocycles. The second-order valence-electron chi connectivity index (χ2n) is 4.28. The Kier molecular flexibility index (Phi) is 5.69. The molecule has 2 N–H and O–H groups in total. The zero-order chi connectivity index (χ0) is 15.2. The molecule has 0 radical (unpaired) electrons. The number of carbonyl (C=O) groups is 2. The molecule has 0 fully saturated rings. The molecule has 0 aliphatic rings. The van der Waals surface area contributed by atoms with E-state index in [1.807, 2.05) is 0 Å². The second kappa shape index (κ2) is 7.04. The topological polar surface area (TPSA) is 101 Å². The van der Waals surface area contributed by atoms with Crippen LogP contribution in [0.5, 0.6) is 0 Å². The maximum Gasteiger partial charge on any atom is 0.322 e. The molecule has 1 aromatic carbocycles. The van der Waals surface area contributed by atoms with Crippen molar-refractivity contribution in [2.75, 3.05) is 12.3 Å². The smallest absolute Gasteiger partial charge is 0.322 e. The van der Waals surface area contributed by atoms with E-state index < -0.39 is 32.7 Å². The average molecular weight is 299 g/mol. The number of hydrogen-bond acceptors (Lipinski definition) is 4. The fourth-order valence-corrected chi connectivity index (χ4v) is 3.15. The lowest BCUT2D eigenvalue weighted by Crippen LogP contribution is -2.39. The Morgan fingerprint density at radius 1 is 1.25 bits per heavy atom. The molecule has 1 amide bonds. The summed E-state index contributed by atoms with van der Waals surface area (Å²) < 4.78 is 24.0. The predicted molar refractivity (Wildman–Crippen MR) is 74.0 cm³/mol. The van der Waals surface area contributed by atoms with Crippen molar-refractivity contribution in [2.24, 2.45) is 0 Å². The first kappa shape index (κ1) is 16.2. The lowest BCUT2D eigenvalue weighted by atomic mass is 10.1. The van der Waals surface area contributed by atoms with Crippen LogP contribution < -0.4 is 5.32 Å². The number of carbonyl (C=O) groups excluding carboxylic acids is 1. The highest BCUT2D eigenvalue weighted by molar-refractivity contribution is 7.93. The van der Waals surface area contributed by atoms with Crippen molar-refractivity contribution in [2.45, 2.75) is 18.6 Å². The molecule has 0 aromatic heterocycles. The molecule has 0 aliphatic carbocycles. The zero-order valence-electron chi connectivity index (χ0n) is 11.1. The van der Waals surface area contributed by atoms with Crippen molar-refractivity contribution >= 4 is 21.7 Å². The summed E-state index contributed by atoms with van der Waals surface area (Å²) in [6.07, 6.45) is -0.155. The van der Waals surface area contributed by atoms with E-state index in [0.29, 0.717) is 12.1 Å². The molecule has 0 saturated carbocycles. The van der Waals surface area contributed by atoms with Crippen molar-refractivity contribution < 1.29 is 23.1 Å². The number of rotatable bonds is 7. The third kappa shape index (κ3) is 4.65. The van der Waals surface area contributed by atoms with Crippen LogP contribution in [0.3, 0.4) is 0 Å². The summed E-state index contributed by atoms with van der Waals surface area (Å²) >= 11 is 0. The van der Waals surface area contributed by atoms with E-state index in [1.165, 1.54) is 0 Å². The lowest BCUT2D eigenvalue weighted by molar-refractivity contribution is -0.136. The van der Waals surface area contributed by atoms with Crippen LogP contribution in [0.15, 0.2) is 30.3 Å². The van der Waals surface area contributed by atoms with Crippen LogP contribution in [0.2, 0.25) is 0 Å². The largest absolute Gasteiger partial charge is 0.480 e. The Balaban J connectivity index is 2.90. The van der Waals surface area contributed by atoms with E-state index in [4.69, 9.17) is 5.11 Å². The molecule has 20 heavy (non-hydrogen) atoms. The highest BCUT2D eigenvalue weighted by Gasteiger charge is 2.34. The van der Waals surface area contributed by atoms with E-state index in [1.54, 1.807) is 37.3 Å². The summed E-state index contributed by atoms with van der Waals surface area (Å²) in [5, 5.41) is 9.83. The first-order valence-corrected chi connectivity index (χ1v) is 7.83. The van der Waals surface area contributed by atoms with E-state index in [2.05, 4.69) is 5.32 Å². The minimum atomic E-state index is -4.05. The first-order chi connectivity index (χ1) is 9.36. The number of carboxylic acids is 1. The van der Waals surface area contributed by atoms with E-state index in [-0.39, 0.29) is 6.42 Å². The van der Waals surface area contributed by atoms with Gasteiger partial charge in [0.05, 0.1) is 0 Å². The van der Waals surface area contributed by atoms with Crippen molar-refractivity contribution in [3.63, 3.8) is 0 Å². The highest BCUT2D eigenvalue weighted by Crippen LogP contribution is 2.12. The minimum absolute atomic E-state index is 0.155. The standard InChI is InChI=1S/C13H17NO5S/c1-2-14-12(15)9-20(18,19)11(13(16)17)8-10-6-4-3-5-7-10/h3-7,11H,2,8-9H2,1H3,(H,14,15)(H,16,17). The second-order valence-corrected chi connectivity index (χ2v) is 6.46. The molecule has 1 atom stereocenters. The van der Waals surface area contributed by atoms with Crippen molar-refractivity contribution in [1.82, 2.24) is 5.32 Å². The Morgan fingerprint density at radius 2 is 1.85 bits per heavy atom. The Bertz CT molecular complexity index is 568. The van der Waals surface area contributed by atoms with Crippen LogP contribution >= 0.6 is 0 Å². The molecule has 6 nitrogen and oxygen atoms in total. The maximum atomic E-state index is 12.0. The minimum Gasteiger partial charge on any atom is -0.480 e. The number of benzene rings is 1. The SMILES string of the molecule is CCNC(=O)CS(=O)(=O)C(Cc1ccccc1)C(=O)O. The summed E-state index contributed by atoms with van der Waals surface area (Å²) in [5.74, 6) is -2.95. The Morgan fingerprint density at radius 3 is 2.35 bits per heavy atom. The van der Waals surface area contributed by atoms with Crippen LogP contribution in [0.1, 0.15) is 12.5 Å². The van der Waals surface area contributed by atoms with E-state index in [0.717, 1.165) is 0 Å². The Labute approximate surface area is 117 Å². The number of hydrogen-bond donors (Lipinski definition) is 2. The number of amides is 1. The third-order valence-corrected chi connectivity index (χ3v) is 4.58. The van der Waals surface area contributed by atoms with Crippen molar-refractivity contribution in [3.8, 4) is 0 Å². The molecule has 0 bridgehead atoms. The van der Waals surface area contributed by atoms with Crippen LogP contribution in [-0.4, -0.2) is 42.9 Å². The lowest BCUT2D eigenvalue weighted by Gasteiger charge is -2.13. The summed E-state index contributed by atoms with van der Waals surface area (Å²) in [4.78, 5) is 22.5. The number of carboxylic acid groups (broad SMARTS) is 1. The van der Waals surface area contributed by atoms with Crippen LogP contribution in [0, 0.1) is 0 Å². The summed E-state index contributed by atoms with van der Waals surface area (Å²) in [5.41, 5.74) is 0.597. The zero-order valence-corrected chi connectivity index (χ0v) is 11.9. The number of nitrogens with one attached hydrogen (secondary N) is 1. The molecule has 1 rings (SSSR count). The predicted octanol–water partition coefficient (Wildman–Crippen LogP) is 0.233. The third-order valence-electron chi connectivity index (χ3n) is 2.68. The fraction of sp³-hybridized carbons (Fsp3) is 0.385. The van der Waals surface area contributed by atoms with Gasteiger partial charge in [-0.3, -0.25) is 9.59 Å². The molecule has 1 unspecified atom stereocenters. The van der Waals surface area contributed by atoms with E-state index >= 15 is 0 Å². The molecular formula is C13H17NO5S. The molecular weight excluding hydrogens is 282 g/mol. The normalized spacial score (nSPS) is 12.7. The van der Waals surface area contributed by atoms with Gasteiger partial charge in [-0.05, 0) is 18.9 Å². The van der Waals surface area contributed by atoms with Crippen LogP contribution in [0.25, 0.3) is 0 Å². The first-order valence-electron chi connectivity index (χ1n) is 6.11. The van der Waals surface area contributed by atoms with Gasteiger partial charge in [0.1, 0.15) is 5.75 Å². The Hall–Kier alpha value is -1.89. The van der Waals surface area contributed by atoms with Gasteiger partial charge in [-0.25, -0.2) is 8.42 Å². The molecule has 7 heteroatoms. The summed E-state index contributed by atoms with van der Waals surface area (Å²) in [6, 6.07) is 8.45.